The predicted octanol–water partition coefficient (Wildman–Crippen LogP) is 1.71. The van der Waals surface area contributed by atoms with E-state index in [0.717, 1.165) is 11.2 Å². The minimum absolute atomic E-state index is 0.0975. The van der Waals surface area contributed by atoms with Crippen LogP contribution in [0.25, 0.3) is 11.1 Å². The zero-order chi connectivity index (χ0) is 16.0. The average molecular weight is 305 g/mol. The SMILES string of the molecule is CC1CN(c2ccc3c(c2)oc(=O)n3C)CC(C)N1C(=O)O. The van der Waals surface area contributed by atoms with Crippen molar-refractivity contribution in [2.45, 2.75) is 25.9 Å². The topological polar surface area (TPSA) is 78.9 Å². The van der Waals surface area contributed by atoms with Crippen molar-refractivity contribution < 1.29 is 14.3 Å². The minimum Gasteiger partial charge on any atom is -0.465 e. The van der Waals surface area contributed by atoms with Crippen LogP contribution in [-0.2, 0) is 7.05 Å². The number of piperazine rings is 1. The summed E-state index contributed by atoms with van der Waals surface area (Å²) >= 11 is 0. The van der Waals surface area contributed by atoms with Crippen molar-refractivity contribution in [1.82, 2.24) is 9.47 Å². The molecular formula is C15H19N3O4. The molecule has 1 N–H and O–H groups in total. The van der Waals surface area contributed by atoms with Crippen LogP contribution in [0.1, 0.15) is 13.8 Å². The highest BCUT2D eigenvalue weighted by molar-refractivity contribution is 5.78. The number of oxazole rings is 1. The Morgan fingerprint density at radius 1 is 1.27 bits per heavy atom. The Morgan fingerprint density at radius 3 is 2.50 bits per heavy atom. The Kier molecular flexibility index (Phi) is 3.35. The van der Waals surface area contributed by atoms with Gasteiger partial charge in [-0.3, -0.25) is 9.47 Å². The number of nitrogens with zero attached hydrogens (tertiary/aromatic N) is 3. The Labute approximate surface area is 127 Å². The first-order chi connectivity index (χ1) is 10.4. The molecule has 2 atom stereocenters. The number of rotatable bonds is 1. The number of fused-ring (bicyclic) bond motifs is 1. The molecule has 1 aromatic carbocycles. The van der Waals surface area contributed by atoms with Gasteiger partial charge < -0.3 is 14.4 Å². The summed E-state index contributed by atoms with van der Waals surface area (Å²) < 4.78 is 6.68. The maximum absolute atomic E-state index is 11.6. The van der Waals surface area contributed by atoms with Gasteiger partial charge in [-0.05, 0) is 26.0 Å². The van der Waals surface area contributed by atoms with Crippen molar-refractivity contribution in [3.8, 4) is 0 Å². The van der Waals surface area contributed by atoms with Gasteiger partial charge in [0.05, 0.1) is 17.6 Å². The maximum atomic E-state index is 11.6. The molecule has 0 spiro atoms. The summed E-state index contributed by atoms with van der Waals surface area (Å²) in [5.41, 5.74) is 2.23. The third kappa shape index (κ3) is 2.22. The van der Waals surface area contributed by atoms with Gasteiger partial charge in [0.1, 0.15) is 0 Å². The van der Waals surface area contributed by atoms with Crippen LogP contribution in [-0.4, -0.2) is 45.8 Å². The van der Waals surface area contributed by atoms with Crippen LogP contribution in [0.5, 0.6) is 0 Å². The van der Waals surface area contributed by atoms with Gasteiger partial charge >= 0.3 is 11.8 Å². The molecule has 0 radical (unpaired) electrons. The van der Waals surface area contributed by atoms with E-state index < -0.39 is 6.09 Å². The fourth-order valence-electron chi connectivity index (χ4n) is 3.23. The first kappa shape index (κ1) is 14.5. The number of hydrogen-bond acceptors (Lipinski definition) is 4. The van der Waals surface area contributed by atoms with Crippen molar-refractivity contribution in [2.75, 3.05) is 18.0 Å². The highest BCUT2D eigenvalue weighted by Crippen LogP contribution is 2.25. The quantitative estimate of drug-likeness (QED) is 0.867. The minimum atomic E-state index is -0.885. The molecular weight excluding hydrogens is 286 g/mol. The number of benzene rings is 1. The van der Waals surface area contributed by atoms with Crippen molar-refractivity contribution in [1.29, 1.82) is 0 Å². The van der Waals surface area contributed by atoms with E-state index in [1.807, 2.05) is 32.0 Å². The Bertz CT molecular complexity index is 767. The van der Waals surface area contributed by atoms with Crippen molar-refractivity contribution in [2.24, 2.45) is 7.05 Å². The summed E-state index contributed by atoms with van der Waals surface area (Å²) in [6.07, 6.45) is -0.885. The number of carboxylic acid groups (broad SMARTS) is 1. The lowest BCUT2D eigenvalue weighted by atomic mass is 10.1. The second-order valence-electron chi connectivity index (χ2n) is 5.87. The summed E-state index contributed by atoms with van der Waals surface area (Å²) in [7, 11) is 1.67. The van der Waals surface area contributed by atoms with Crippen molar-refractivity contribution >= 4 is 22.9 Å². The fourth-order valence-corrected chi connectivity index (χ4v) is 3.23. The second kappa shape index (κ2) is 5.08. The number of aromatic nitrogens is 1. The van der Waals surface area contributed by atoms with Crippen LogP contribution >= 0.6 is 0 Å². The van der Waals surface area contributed by atoms with Crippen LogP contribution in [0.15, 0.2) is 27.4 Å². The van der Waals surface area contributed by atoms with E-state index in [1.165, 1.54) is 9.47 Å². The lowest BCUT2D eigenvalue weighted by molar-refractivity contribution is 0.0983. The van der Waals surface area contributed by atoms with E-state index in [0.29, 0.717) is 18.7 Å². The molecule has 118 valence electrons. The lowest BCUT2D eigenvalue weighted by Crippen LogP contribution is -2.58. The Morgan fingerprint density at radius 2 is 1.91 bits per heavy atom. The standard InChI is InChI=1S/C15H19N3O4/c1-9-7-17(8-10(2)18(9)14(19)20)11-4-5-12-13(6-11)22-15(21)16(12)3/h4-6,9-10H,7-8H2,1-3H3,(H,19,20). The van der Waals surface area contributed by atoms with Gasteiger partial charge in [-0.15, -0.1) is 0 Å². The molecule has 1 saturated heterocycles. The number of hydrogen-bond donors (Lipinski definition) is 1. The number of aryl methyl sites for hydroxylation is 1. The molecule has 3 rings (SSSR count). The largest absolute Gasteiger partial charge is 0.465 e. The van der Waals surface area contributed by atoms with E-state index in [9.17, 15) is 14.7 Å². The monoisotopic (exact) mass is 305 g/mol. The van der Waals surface area contributed by atoms with Gasteiger partial charge in [0.25, 0.3) is 0 Å². The zero-order valence-electron chi connectivity index (χ0n) is 12.8. The third-order valence-corrected chi connectivity index (χ3v) is 4.28. The molecule has 7 heteroatoms. The summed E-state index contributed by atoms with van der Waals surface area (Å²) in [6, 6.07) is 5.44. The highest BCUT2D eigenvalue weighted by atomic mass is 16.4. The third-order valence-electron chi connectivity index (χ3n) is 4.28. The van der Waals surface area contributed by atoms with Gasteiger partial charge in [0.15, 0.2) is 5.58 Å². The maximum Gasteiger partial charge on any atom is 0.419 e. The average Bonchev–Trinajstić information content (AvgIpc) is 2.72. The molecule has 7 nitrogen and oxygen atoms in total. The van der Waals surface area contributed by atoms with E-state index >= 15 is 0 Å². The molecule has 1 aliphatic heterocycles. The second-order valence-corrected chi connectivity index (χ2v) is 5.87. The molecule has 2 unspecified atom stereocenters. The van der Waals surface area contributed by atoms with E-state index in [1.54, 1.807) is 7.05 Å². The van der Waals surface area contributed by atoms with E-state index in [-0.39, 0.29) is 17.8 Å². The first-order valence-electron chi connectivity index (χ1n) is 7.24. The Hall–Kier alpha value is -2.44. The van der Waals surface area contributed by atoms with Gasteiger partial charge in [0.2, 0.25) is 0 Å². The normalized spacial score (nSPS) is 22.3. The molecule has 0 saturated carbocycles. The first-order valence-corrected chi connectivity index (χ1v) is 7.24. The molecule has 1 aromatic heterocycles. The molecule has 1 amide bonds. The summed E-state index contributed by atoms with van der Waals surface area (Å²) in [5, 5.41) is 9.27. The molecule has 1 aliphatic rings. The van der Waals surface area contributed by atoms with E-state index in [4.69, 9.17) is 4.42 Å². The van der Waals surface area contributed by atoms with Gasteiger partial charge in [-0.2, -0.15) is 0 Å². The van der Waals surface area contributed by atoms with E-state index in [2.05, 4.69) is 4.90 Å². The molecule has 2 heterocycles. The summed E-state index contributed by atoms with van der Waals surface area (Å²) in [6.45, 7) is 5.02. The van der Waals surface area contributed by atoms with Crippen LogP contribution in [0.4, 0.5) is 10.5 Å². The summed E-state index contributed by atoms with van der Waals surface area (Å²) in [4.78, 5) is 26.5. The predicted molar refractivity (Wildman–Crippen MR) is 82.5 cm³/mol. The van der Waals surface area contributed by atoms with Crippen molar-refractivity contribution in [3.63, 3.8) is 0 Å². The van der Waals surface area contributed by atoms with Crippen LogP contribution in [0.3, 0.4) is 0 Å². The smallest absolute Gasteiger partial charge is 0.419 e. The highest BCUT2D eigenvalue weighted by Gasteiger charge is 2.33. The number of carbonyl (C=O) groups is 1. The molecule has 1 fully saturated rings. The molecule has 22 heavy (non-hydrogen) atoms. The van der Waals surface area contributed by atoms with Crippen LogP contribution in [0.2, 0.25) is 0 Å². The van der Waals surface area contributed by atoms with Gasteiger partial charge in [0, 0.05) is 31.9 Å². The van der Waals surface area contributed by atoms with Crippen LogP contribution in [0, 0.1) is 0 Å². The fraction of sp³-hybridized carbons (Fsp3) is 0.467. The van der Waals surface area contributed by atoms with Crippen LogP contribution < -0.4 is 10.7 Å². The number of amides is 1. The Balaban J connectivity index is 1.92. The van der Waals surface area contributed by atoms with Crippen molar-refractivity contribution in [3.05, 3.63) is 28.7 Å². The zero-order valence-corrected chi connectivity index (χ0v) is 12.8. The molecule has 0 bridgehead atoms. The molecule has 0 aliphatic carbocycles. The summed E-state index contributed by atoms with van der Waals surface area (Å²) in [5.74, 6) is -0.385. The number of anilines is 1. The lowest BCUT2D eigenvalue weighted by Gasteiger charge is -2.43. The molecule has 2 aromatic rings. The van der Waals surface area contributed by atoms with Gasteiger partial charge in [-0.1, -0.05) is 0 Å². The van der Waals surface area contributed by atoms with Gasteiger partial charge in [-0.25, -0.2) is 9.59 Å².